The zero-order valence-electron chi connectivity index (χ0n) is 16.9. The first-order valence-corrected chi connectivity index (χ1v) is 10.1. The van der Waals surface area contributed by atoms with Gasteiger partial charge in [0.15, 0.2) is 0 Å². The van der Waals surface area contributed by atoms with Gasteiger partial charge in [-0.05, 0) is 42.7 Å². The van der Waals surface area contributed by atoms with Gasteiger partial charge in [0.05, 0.1) is 19.3 Å². The summed E-state index contributed by atoms with van der Waals surface area (Å²) in [6.07, 6.45) is 2.10. The number of methoxy groups -OCH3 is 1. The first-order valence-electron chi connectivity index (χ1n) is 10.1. The third-order valence-electron chi connectivity index (χ3n) is 5.04. The van der Waals surface area contributed by atoms with Crippen LogP contribution in [0, 0.1) is 0 Å². The predicted octanol–water partition coefficient (Wildman–Crippen LogP) is 2.42. The van der Waals surface area contributed by atoms with Gasteiger partial charge >= 0.3 is 11.7 Å². The molecular formula is C22H25N5O3. The molecule has 2 N–H and O–H groups in total. The summed E-state index contributed by atoms with van der Waals surface area (Å²) in [4.78, 5) is 25.0. The molecule has 1 heterocycles. The largest absolute Gasteiger partial charge is 0.497 e. The highest BCUT2D eigenvalue weighted by atomic mass is 16.5. The minimum atomic E-state index is -0.288. The number of hydrogen-bond donors (Lipinski definition) is 2. The molecule has 2 aromatic carbocycles. The Labute approximate surface area is 174 Å². The zero-order chi connectivity index (χ0) is 20.9. The van der Waals surface area contributed by atoms with Crippen LogP contribution in [0.2, 0.25) is 0 Å². The number of benzene rings is 2. The average molecular weight is 407 g/mol. The maximum absolute atomic E-state index is 12.9. The van der Waals surface area contributed by atoms with Crippen LogP contribution in [0.1, 0.15) is 30.1 Å². The summed E-state index contributed by atoms with van der Waals surface area (Å²) in [7, 11) is 1.61. The molecule has 1 saturated carbocycles. The van der Waals surface area contributed by atoms with Gasteiger partial charge in [-0.15, -0.1) is 0 Å². The molecule has 1 fully saturated rings. The van der Waals surface area contributed by atoms with Gasteiger partial charge in [-0.3, -0.25) is 0 Å². The summed E-state index contributed by atoms with van der Waals surface area (Å²) in [6.45, 7) is 1.03. The molecule has 1 aliphatic rings. The molecule has 0 bridgehead atoms. The van der Waals surface area contributed by atoms with Gasteiger partial charge in [0.1, 0.15) is 11.6 Å². The van der Waals surface area contributed by atoms with Gasteiger partial charge in [0.25, 0.3) is 0 Å². The van der Waals surface area contributed by atoms with Crippen molar-refractivity contribution in [3.8, 4) is 11.4 Å². The first-order chi connectivity index (χ1) is 14.7. The third-order valence-corrected chi connectivity index (χ3v) is 5.04. The Kier molecular flexibility index (Phi) is 5.83. The molecule has 30 heavy (non-hydrogen) atoms. The third kappa shape index (κ3) is 4.53. The van der Waals surface area contributed by atoms with Crippen molar-refractivity contribution in [2.24, 2.45) is 0 Å². The topological polar surface area (TPSA) is 90.2 Å². The first kappa shape index (κ1) is 19.8. The molecule has 0 saturated heterocycles. The highest BCUT2D eigenvalue weighted by Crippen LogP contribution is 2.39. The van der Waals surface area contributed by atoms with E-state index >= 15 is 0 Å². The minimum Gasteiger partial charge on any atom is -0.497 e. The quantitative estimate of drug-likeness (QED) is 0.600. The summed E-state index contributed by atoms with van der Waals surface area (Å²) in [5.74, 6) is 1.91. The van der Waals surface area contributed by atoms with Crippen LogP contribution in [-0.4, -0.2) is 34.0 Å². The van der Waals surface area contributed by atoms with Gasteiger partial charge in [-0.25, -0.2) is 18.8 Å². The number of amides is 2. The Balaban J connectivity index is 1.33. The molecule has 8 nitrogen and oxygen atoms in total. The molecular weight excluding hydrogens is 382 g/mol. The van der Waals surface area contributed by atoms with Gasteiger partial charge in [-0.2, -0.15) is 5.10 Å². The van der Waals surface area contributed by atoms with Crippen LogP contribution < -0.4 is 21.1 Å². The van der Waals surface area contributed by atoms with Crippen molar-refractivity contribution in [3.63, 3.8) is 0 Å². The summed E-state index contributed by atoms with van der Waals surface area (Å²) in [5.41, 5.74) is 1.61. The van der Waals surface area contributed by atoms with Crippen molar-refractivity contribution in [1.29, 1.82) is 0 Å². The molecule has 0 atom stereocenters. The fraction of sp³-hybridized carbons (Fsp3) is 0.318. The lowest BCUT2D eigenvalue weighted by atomic mass is 10.2. The number of ether oxygens (including phenoxy) is 1. The molecule has 0 spiro atoms. The monoisotopic (exact) mass is 407 g/mol. The fourth-order valence-electron chi connectivity index (χ4n) is 3.26. The Morgan fingerprint density at radius 1 is 1.10 bits per heavy atom. The molecule has 8 heteroatoms. The second-order valence-electron chi connectivity index (χ2n) is 7.27. The summed E-state index contributed by atoms with van der Waals surface area (Å²) >= 11 is 0. The lowest BCUT2D eigenvalue weighted by Gasteiger charge is -2.08. The number of rotatable bonds is 8. The second kappa shape index (κ2) is 8.86. The molecule has 0 unspecified atom stereocenters. The van der Waals surface area contributed by atoms with E-state index < -0.39 is 0 Å². The van der Waals surface area contributed by atoms with E-state index in [-0.39, 0.29) is 11.7 Å². The van der Waals surface area contributed by atoms with E-state index in [0.717, 1.165) is 35.7 Å². The summed E-state index contributed by atoms with van der Waals surface area (Å²) < 4.78 is 8.24. The van der Waals surface area contributed by atoms with Crippen LogP contribution in [0.5, 0.6) is 5.75 Å². The van der Waals surface area contributed by atoms with E-state index in [2.05, 4.69) is 15.7 Å². The maximum atomic E-state index is 12.9. The number of aromatic nitrogens is 3. The van der Waals surface area contributed by atoms with Crippen molar-refractivity contribution in [1.82, 2.24) is 25.0 Å². The van der Waals surface area contributed by atoms with Crippen molar-refractivity contribution in [2.75, 3.05) is 13.7 Å². The number of para-hydroxylation sites is 1. The number of urea groups is 1. The Bertz CT molecular complexity index is 1050. The van der Waals surface area contributed by atoms with E-state index in [4.69, 9.17) is 4.74 Å². The van der Waals surface area contributed by atoms with Crippen LogP contribution in [0.3, 0.4) is 0 Å². The second-order valence-corrected chi connectivity index (χ2v) is 7.27. The van der Waals surface area contributed by atoms with Crippen LogP contribution in [0.25, 0.3) is 5.69 Å². The van der Waals surface area contributed by atoms with Crippen LogP contribution in [0.15, 0.2) is 59.4 Å². The van der Waals surface area contributed by atoms with E-state index in [9.17, 15) is 9.59 Å². The van der Waals surface area contributed by atoms with Crippen LogP contribution >= 0.6 is 0 Å². The zero-order valence-corrected chi connectivity index (χ0v) is 16.9. The summed E-state index contributed by atoms with van der Waals surface area (Å²) in [5, 5.41) is 10.1. The highest BCUT2D eigenvalue weighted by Gasteiger charge is 2.31. The minimum absolute atomic E-state index is 0.177. The molecule has 0 radical (unpaired) electrons. The molecule has 4 rings (SSSR count). The molecule has 1 aliphatic carbocycles. The Hall–Kier alpha value is -3.55. The van der Waals surface area contributed by atoms with E-state index in [1.807, 2.05) is 54.6 Å². The van der Waals surface area contributed by atoms with Gasteiger partial charge in [0.2, 0.25) is 0 Å². The lowest BCUT2D eigenvalue weighted by Crippen LogP contribution is -2.38. The van der Waals surface area contributed by atoms with Crippen molar-refractivity contribution >= 4 is 6.03 Å². The standard InChI is InChI=1S/C22H25N5O3/c1-30-19-11-7-16(8-12-19)15-24-21(28)23-13-14-26-22(29)27(18-5-3-2-4-6-18)20(25-26)17-9-10-17/h2-8,11-12,17H,9-10,13-15H2,1H3,(H2,23,24,28). The molecule has 0 aliphatic heterocycles. The number of carbonyl (C=O) groups is 1. The normalized spacial score (nSPS) is 13.1. The number of hydrogen-bond acceptors (Lipinski definition) is 4. The molecule has 3 aromatic rings. The van der Waals surface area contributed by atoms with Gasteiger partial charge in [-0.1, -0.05) is 30.3 Å². The van der Waals surface area contributed by atoms with Crippen molar-refractivity contribution < 1.29 is 9.53 Å². The van der Waals surface area contributed by atoms with Gasteiger partial charge < -0.3 is 15.4 Å². The highest BCUT2D eigenvalue weighted by molar-refractivity contribution is 5.73. The SMILES string of the molecule is COc1ccc(CNC(=O)NCCn2nc(C3CC3)n(-c3ccccc3)c2=O)cc1. The van der Waals surface area contributed by atoms with Crippen LogP contribution in [0.4, 0.5) is 4.79 Å². The summed E-state index contributed by atoms with van der Waals surface area (Å²) in [6, 6.07) is 16.8. The van der Waals surface area contributed by atoms with Crippen molar-refractivity contribution in [3.05, 3.63) is 76.5 Å². The Morgan fingerprint density at radius 2 is 1.83 bits per heavy atom. The number of nitrogens with one attached hydrogen (secondary N) is 2. The smallest absolute Gasteiger partial charge is 0.350 e. The Morgan fingerprint density at radius 3 is 2.50 bits per heavy atom. The van der Waals surface area contributed by atoms with Crippen molar-refractivity contribution in [2.45, 2.75) is 31.8 Å². The van der Waals surface area contributed by atoms with Gasteiger partial charge in [0, 0.05) is 19.0 Å². The van der Waals surface area contributed by atoms with E-state index in [1.165, 1.54) is 4.68 Å². The van der Waals surface area contributed by atoms with Crippen LogP contribution in [-0.2, 0) is 13.1 Å². The fourth-order valence-corrected chi connectivity index (χ4v) is 3.26. The number of carbonyl (C=O) groups excluding carboxylic acids is 1. The predicted molar refractivity (Wildman–Crippen MR) is 113 cm³/mol. The molecule has 156 valence electrons. The van der Waals surface area contributed by atoms with E-state index in [0.29, 0.717) is 25.6 Å². The van der Waals surface area contributed by atoms with E-state index in [1.54, 1.807) is 11.7 Å². The maximum Gasteiger partial charge on any atom is 0.350 e. The number of nitrogens with zero attached hydrogens (tertiary/aromatic N) is 3. The molecule has 1 aromatic heterocycles. The average Bonchev–Trinajstić information content (AvgIpc) is 3.57. The lowest BCUT2D eigenvalue weighted by molar-refractivity contribution is 0.240. The molecule has 2 amide bonds.